The molecule has 5 rings (SSSR count). The van der Waals surface area contributed by atoms with E-state index in [0.29, 0.717) is 12.0 Å². The number of thiophene rings is 1. The zero-order valence-corrected chi connectivity index (χ0v) is 22.4. The third-order valence-corrected chi connectivity index (χ3v) is 9.10. The molecule has 39 heavy (non-hydrogen) atoms. The van der Waals surface area contributed by atoms with Crippen LogP contribution in [0.15, 0.2) is 81.7 Å². The Labute approximate surface area is 229 Å². The highest BCUT2D eigenvalue weighted by Gasteiger charge is 2.35. The molecule has 1 aliphatic rings. The molecule has 10 nitrogen and oxygen atoms in total. The van der Waals surface area contributed by atoms with E-state index in [-0.39, 0.29) is 36.7 Å². The molecule has 0 spiro atoms. The van der Waals surface area contributed by atoms with Gasteiger partial charge < -0.3 is 15.1 Å². The van der Waals surface area contributed by atoms with Crippen LogP contribution in [0.5, 0.6) is 0 Å². The van der Waals surface area contributed by atoms with Crippen molar-refractivity contribution in [2.45, 2.75) is 36.4 Å². The molecule has 0 saturated carbocycles. The second kappa shape index (κ2) is 11.5. The fraction of sp³-hybridized carbons (Fsp3) is 0.259. The van der Waals surface area contributed by atoms with Gasteiger partial charge in [0.1, 0.15) is 11.6 Å². The van der Waals surface area contributed by atoms with Crippen molar-refractivity contribution in [3.8, 4) is 0 Å². The minimum atomic E-state index is -3.96. The second-order valence-electron chi connectivity index (χ2n) is 9.13. The van der Waals surface area contributed by atoms with Crippen LogP contribution in [0.1, 0.15) is 28.3 Å². The highest BCUT2D eigenvalue weighted by molar-refractivity contribution is 7.89. The first-order valence-electron chi connectivity index (χ1n) is 12.4. The first-order valence-corrected chi connectivity index (χ1v) is 14.7. The molecule has 0 bridgehead atoms. The fourth-order valence-corrected chi connectivity index (χ4v) is 6.55. The summed E-state index contributed by atoms with van der Waals surface area (Å²) in [6, 6.07) is 15.2. The molecule has 0 radical (unpaired) electrons. The summed E-state index contributed by atoms with van der Waals surface area (Å²) in [7, 11) is -3.96. The van der Waals surface area contributed by atoms with Gasteiger partial charge in [-0.25, -0.2) is 13.4 Å². The Morgan fingerprint density at radius 1 is 1.13 bits per heavy atom. The number of pyridine rings is 1. The van der Waals surface area contributed by atoms with Crippen molar-refractivity contribution in [1.29, 1.82) is 0 Å². The Balaban J connectivity index is 1.29. The van der Waals surface area contributed by atoms with Crippen LogP contribution in [-0.2, 0) is 26.0 Å². The van der Waals surface area contributed by atoms with Crippen LogP contribution in [0, 0.1) is 0 Å². The number of fused-ring (bicyclic) bond motifs is 1. The standard InChI is InChI=1S/C27H26N4O6S2/c32-22-17-31(39(35,36)25-11-3-4-12-28-25)13-5-9-20(22)29-26(33)21(16-19-8-6-14-38-19)30-27(34)24-15-18-7-1-2-10-23(18)37-24/h1-4,6-8,10-12,14-15,20-21H,5,9,13,16-17H2,(H,29,33)(H,30,34)/t20?,21-/m0/s1. The van der Waals surface area contributed by atoms with Crippen LogP contribution >= 0.6 is 11.3 Å². The van der Waals surface area contributed by atoms with Crippen LogP contribution in [0.3, 0.4) is 0 Å². The molecule has 1 aromatic carbocycles. The van der Waals surface area contributed by atoms with E-state index in [1.54, 1.807) is 30.3 Å². The van der Waals surface area contributed by atoms with Gasteiger partial charge in [-0.3, -0.25) is 14.4 Å². The lowest BCUT2D eigenvalue weighted by Crippen LogP contribution is -2.53. The summed E-state index contributed by atoms with van der Waals surface area (Å²) in [6.07, 6.45) is 2.23. The molecule has 1 aliphatic heterocycles. The molecule has 2 N–H and O–H groups in total. The number of ketones is 1. The van der Waals surface area contributed by atoms with Crippen LogP contribution in [0.4, 0.5) is 0 Å². The van der Waals surface area contributed by atoms with E-state index in [9.17, 15) is 22.8 Å². The maximum atomic E-state index is 13.4. The largest absolute Gasteiger partial charge is 0.451 e. The monoisotopic (exact) mass is 566 g/mol. The highest BCUT2D eigenvalue weighted by Crippen LogP contribution is 2.20. The number of nitrogens with zero attached hydrogens (tertiary/aromatic N) is 2. The Kier molecular flexibility index (Phi) is 7.87. The number of amides is 2. The highest BCUT2D eigenvalue weighted by atomic mass is 32.2. The van der Waals surface area contributed by atoms with E-state index in [4.69, 9.17) is 4.42 Å². The predicted molar refractivity (Wildman–Crippen MR) is 145 cm³/mol. The average Bonchev–Trinajstić information content (AvgIpc) is 3.57. The minimum absolute atomic E-state index is 0.0705. The third-order valence-electron chi connectivity index (χ3n) is 6.44. The topological polar surface area (TPSA) is 139 Å². The summed E-state index contributed by atoms with van der Waals surface area (Å²) in [4.78, 5) is 44.3. The smallest absolute Gasteiger partial charge is 0.287 e. The van der Waals surface area contributed by atoms with Gasteiger partial charge in [-0.1, -0.05) is 30.3 Å². The summed E-state index contributed by atoms with van der Waals surface area (Å²) in [6.45, 7) is -0.261. The Morgan fingerprint density at radius 3 is 2.69 bits per heavy atom. The van der Waals surface area contributed by atoms with Gasteiger partial charge >= 0.3 is 0 Å². The van der Waals surface area contributed by atoms with Crippen molar-refractivity contribution >= 4 is 49.9 Å². The van der Waals surface area contributed by atoms with Crippen LogP contribution in [-0.4, -0.2) is 60.5 Å². The average molecular weight is 567 g/mol. The molecule has 202 valence electrons. The van der Waals surface area contributed by atoms with Crippen molar-refractivity contribution in [2.24, 2.45) is 0 Å². The Hall–Kier alpha value is -3.87. The Bertz CT molecular complexity index is 1550. The summed E-state index contributed by atoms with van der Waals surface area (Å²) in [5.41, 5.74) is 0.552. The number of carbonyl (C=O) groups excluding carboxylic acids is 3. The van der Waals surface area contributed by atoms with Gasteiger partial charge in [0.15, 0.2) is 16.6 Å². The van der Waals surface area contributed by atoms with Crippen molar-refractivity contribution < 1.29 is 27.2 Å². The number of aromatic nitrogens is 1. The van der Waals surface area contributed by atoms with Gasteiger partial charge in [0, 0.05) is 29.4 Å². The first-order chi connectivity index (χ1) is 18.8. The van der Waals surface area contributed by atoms with E-state index in [1.165, 1.54) is 23.6 Å². The van der Waals surface area contributed by atoms with Crippen molar-refractivity contribution in [1.82, 2.24) is 19.9 Å². The molecule has 0 aliphatic carbocycles. The van der Waals surface area contributed by atoms with Gasteiger partial charge in [0.2, 0.25) is 5.91 Å². The normalized spacial score (nSPS) is 17.4. The van der Waals surface area contributed by atoms with Gasteiger partial charge in [0.05, 0.1) is 12.6 Å². The van der Waals surface area contributed by atoms with E-state index >= 15 is 0 Å². The fourth-order valence-electron chi connectivity index (χ4n) is 4.42. The number of Topliss-reactive ketones (excluding diaryl/α,β-unsaturated/α-hetero) is 1. The van der Waals surface area contributed by atoms with Crippen LogP contribution in [0.2, 0.25) is 0 Å². The molecule has 3 aromatic heterocycles. The van der Waals surface area contributed by atoms with Crippen LogP contribution in [0.25, 0.3) is 11.0 Å². The van der Waals surface area contributed by atoms with Crippen molar-refractivity contribution in [3.63, 3.8) is 0 Å². The molecule has 2 atom stereocenters. The number of rotatable bonds is 8. The number of carbonyl (C=O) groups is 3. The lowest BCUT2D eigenvalue weighted by molar-refractivity contribution is -0.128. The van der Waals surface area contributed by atoms with Gasteiger partial charge in [0.25, 0.3) is 15.9 Å². The molecule has 1 fully saturated rings. The van der Waals surface area contributed by atoms with E-state index in [2.05, 4.69) is 15.6 Å². The Morgan fingerprint density at radius 2 is 1.95 bits per heavy atom. The van der Waals surface area contributed by atoms with Crippen molar-refractivity contribution in [2.75, 3.05) is 13.1 Å². The number of sulfonamides is 1. The second-order valence-corrected chi connectivity index (χ2v) is 12.1. The molecule has 12 heteroatoms. The first kappa shape index (κ1) is 26.7. The summed E-state index contributed by atoms with van der Waals surface area (Å²) >= 11 is 1.45. The van der Waals surface area contributed by atoms with Gasteiger partial charge in [-0.2, -0.15) is 4.31 Å². The molecule has 1 unspecified atom stereocenters. The zero-order chi connectivity index (χ0) is 27.4. The lowest BCUT2D eigenvalue weighted by Gasteiger charge is -2.22. The predicted octanol–water partition coefficient (Wildman–Crippen LogP) is 2.77. The molecular formula is C27H26N4O6S2. The molecule has 2 amide bonds. The minimum Gasteiger partial charge on any atom is -0.451 e. The lowest BCUT2D eigenvalue weighted by atomic mass is 10.1. The van der Waals surface area contributed by atoms with Gasteiger partial charge in [-0.15, -0.1) is 11.3 Å². The number of para-hydroxylation sites is 1. The molecule has 4 heterocycles. The number of furan rings is 1. The maximum Gasteiger partial charge on any atom is 0.287 e. The van der Waals surface area contributed by atoms with Crippen LogP contribution < -0.4 is 10.6 Å². The number of nitrogens with one attached hydrogen (secondary N) is 2. The maximum absolute atomic E-state index is 13.4. The summed E-state index contributed by atoms with van der Waals surface area (Å²) in [5.74, 6) is -1.45. The quantitative estimate of drug-likeness (QED) is 0.334. The molecule has 1 saturated heterocycles. The number of hydrogen-bond donors (Lipinski definition) is 2. The molecular weight excluding hydrogens is 540 g/mol. The third kappa shape index (κ3) is 6.08. The zero-order valence-electron chi connectivity index (χ0n) is 20.8. The van der Waals surface area contributed by atoms with Gasteiger partial charge in [-0.05, 0) is 48.6 Å². The SMILES string of the molecule is O=C(N[C@@H](Cc1cccs1)C(=O)NC1CCCN(S(=O)(=O)c2ccccn2)CC1=O)c1cc2ccccc2o1. The van der Waals surface area contributed by atoms with E-state index in [0.717, 1.165) is 14.6 Å². The number of hydrogen-bond acceptors (Lipinski definition) is 8. The van der Waals surface area contributed by atoms with Crippen molar-refractivity contribution in [3.05, 3.63) is 82.9 Å². The summed E-state index contributed by atoms with van der Waals surface area (Å²) < 4.78 is 32.7. The van der Waals surface area contributed by atoms with E-state index < -0.39 is 39.7 Å². The van der Waals surface area contributed by atoms with E-state index in [1.807, 2.05) is 29.6 Å². The number of benzene rings is 1. The molecule has 4 aromatic rings. The summed E-state index contributed by atoms with van der Waals surface area (Å²) in [5, 5.41) is 7.99.